The van der Waals surface area contributed by atoms with Gasteiger partial charge in [0.2, 0.25) is 0 Å². The van der Waals surface area contributed by atoms with Crippen LogP contribution in [0.4, 0.5) is 0 Å². The van der Waals surface area contributed by atoms with Crippen molar-refractivity contribution in [3.63, 3.8) is 0 Å². The van der Waals surface area contributed by atoms with Crippen molar-refractivity contribution < 1.29 is 0 Å². The molecule has 1 heterocycles. The number of nitrogens with zero attached hydrogens (tertiary/aromatic N) is 3. The maximum Gasteiger partial charge on any atom is 0.138 e. The van der Waals surface area contributed by atoms with Crippen molar-refractivity contribution in [2.45, 2.75) is 52.0 Å². The molecule has 1 fully saturated rings. The highest BCUT2D eigenvalue weighted by Crippen LogP contribution is 2.32. The highest BCUT2D eigenvalue weighted by molar-refractivity contribution is 4.90. The first kappa shape index (κ1) is 13.5. The molecule has 4 heteroatoms. The molecule has 102 valence electrons. The number of rotatable bonds is 6. The van der Waals surface area contributed by atoms with Crippen LogP contribution in [0.15, 0.2) is 6.33 Å². The Kier molecular flexibility index (Phi) is 4.75. The van der Waals surface area contributed by atoms with E-state index in [9.17, 15) is 0 Å². The fraction of sp³-hybridized carbons (Fsp3) is 0.857. The minimum Gasteiger partial charge on any atom is -0.314 e. The summed E-state index contributed by atoms with van der Waals surface area (Å²) in [6, 6.07) is 0.563. The molecule has 18 heavy (non-hydrogen) atoms. The largest absolute Gasteiger partial charge is 0.314 e. The zero-order valence-electron chi connectivity index (χ0n) is 11.9. The third-order valence-corrected chi connectivity index (χ3v) is 4.10. The lowest BCUT2D eigenvalue weighted by Gasteiger charge is -2.24. The Labute approximate surface area is 110 Å². The molecule has 1 aromatic heterocycles. The third-order valence-electron chi connectivity index (χ3n) is 4.10. The van der Waals surface area contributed by atoms with Gasteiger partial charge in [-0.15, -0.1) is 0 Å². The van der Waals surface area contributed by atoms with E-state index in [0.717, 1.165) is 24.7 Å². The first-order chi connectivity index (χ1) is 8.66. The van der Waals surface area contributed by atoms with Gasteiger partial charge in [-0.3, -0.25) is 4.68 Å². The van der Waals surface area contributed by atoms with Crippen molar-refractivity contribution in [3.8, 4) is 0 Å². The van der Waals surface area contributed by atoms with Crippen LogP contribution >= 0.6 is 0 Å². The lowest BCUT2D eigenvalue weighted by Crippen LogP contribution is -2.33. The summed E-state index contributed by atoms with van der Waals surface area (Å²) < 4.78 is 1.91. The van der Waals surface area contributed by atoms with Gasteiger partial charge in [0.05, 0.1) is 0 Å². The molecule has 1 unspecified atom stereocenters. The van der Waals surface area contributed by atoms with Crippen LogP contribution in [0, 0.1) is 11.8 Å². The lowest BCUT2D eigenvalue weighted by atomic mass is 9.87. The van der Waals surface area contributed by atoms with Gasteiger partial charge in [-0.2, -0.15) is 5.10 Å². The molecule has 1 saturated carbocycles. The summed E-state index contributed by atoms with van der Waals surface area (Å²) in [6.45, 7) is 5.54. The van der Waals surface area contributed by atoms with E-state index in [1.165, 1.54) is 25.7 Å². The van der Waals surface area contributed by atoms with Crippen LogP contribution in [0.5, 0.6) is 0 Å². The molecular formula is C14H26N4. The van der Waals surface area contributed by atoms with E-state index in [4.69, 9.17) is 0 Å². The number of nitrogens with one attached hydrogen (secondary N) is 1. The summed E-state index contributed by atoms with van der Waals surface area (Å²) in [4.78, 5) is 4.38. The van der Waals surface area contributed by atoms with Crippen molar-refractivity contribution in [2.75, 3.05) is 6.54 Å². The monoisotopic (exact) mass is 250 g/mol. The molecule has 1 aromatic rings. The van der Waals surface area contributed by atoms with Gasteiger partial charge in [0, 0.05) is 19.5 Å². The number of aryl methyl sites for hydroxylation is 1. The van der Waals surface area contributed by atoms with E-state index in [-0.39, 0.29) is 0 Å². The second kappa shape index (κ2) is 6.32. The predicted molar refractivity (Wildman–Crippen MR) is 73.3 cm³/mol. The van der Waals surface area contributed by atoms with Gasteiger partial charge in [0.25, 0.3) is 0 Å². The first-order valence-electron chi connectivity index (χ1n) is 7.23. The minimum atomic E-state index is 0.563. The molecule has 0 radical (unpaired) electrons. The van der Waals surface area contributed by atoms with E-state index >= 15 is 0 Å². The maximum atomic E-state index is 4.38. The molecule has 0 aliphatic heterocycles. The highest BCUT2D eigenvalue weighted by atomic mass is 15.3. The molecule has 1 N–H and O–H groups in total. The van der Waals surface area contributed by atoms with Crippen molar-refractivity contribution in [1.82, 2.24) is 20.1 Å². The van der Waals surface area contributed by atoms with Gasteiger partial charge in [-0.25, -0.2) is 4.98 Å². The molecule has 0 amide bonds. The predicted octanol–water partition coefficient (Wildman–Crippen LogP) is 2.16. The molecule has 1 aliphatic carbocycles. The molecule has 0 bridgehead atoms. The Morgan fingerprint density at radius 1 is 1.39 bits per heavy atom. The molecular weight excluding hydrogens is 224 g/mol. The number of hydrogen-bond donors (Lipinski definition) is 1. The Morgan fingerprint density at radius 2 is 2.11 bits per heavy atom. The molecule has 1 atom stereocenters. The molecule has 0 spiro atoms. The van der Waals surface area contributed by atoms with Crippen LogP contribution in [0.3, 0.4) is 0 Å². The molecule has 2 rings (SSSR count). The summed E-state index contributed by atoms with van der Waals surface area (Å²) in [6.07, 6.45) is 8.31. The van der Waals surface area contributed by atoms with Crippen LogP contribution in [-0.4, -0.2) is 27.4 Å². The van der Waals surface area contributed by atoms with Crippen LogP contribution < -0.4 is 5.32 Å². The summed E-state index contributed by atoms with van der Waals surface area (Å²) >= 11 is 0. The topological polar surface area (TPSA) is 42.7 Å². The highest BCUT2D eigenvalue weighted by Gasteiger charge is 2.26. The van der Waals surface area contributed by atoms with Crippen LogP contribution in [0.2, 0.25) is 0 Å². The first-order valence-corrected chi connectivity index (χ1v) is 7.23. The van der Waals surface area contributed by atoms with E-state index in [2.05, 4.69) is 29.2 Å². The zero-order chi connectivity index (χ0) is 13.0. The Bertz CT molecular complexity index is 352. The average molecular weight is 250 g/mol. The molecule has 0 saturated heterocycles. The van der Waals surface area contributed by atoms with E-state index in [1.54, 1.807) is 6.33 Å². The van der Waals surface area contributed by atoms with Crippen molar-refractivity contribution >= 4 is 0 Å². The van der Waals surface area contributed by atoms with E-state index < -0.39 is 0 Å². The minimum absolute atomic E-state index is 0.563. The second-order valence-corrected chi connectivity index (χ2v) is 5.87. The van der Waals surface area contributed by atoms with Gasteiger partial charge in [0.15, 0.2) is 0 Å². The molecule has 0 aromatic carbocycles. The summed E-state index contributed by atoms with van der Waals surface area (Å²) in [5.74, 6) is 2.70. The molecule has 4 nitrogen and oxygen atoms in total. The Balaban J connectivity index is 1.97. The number of aromatic nitrogens is 3. The van der Waals surface area contributed by atoms with Crippen molar-refractivity contribution in [3.05, 3.63) is 12.2 Å². The quantitative estimate of drug-likeness (QED) is 0.841. The summed E-state index contributed by atoms with van der Waals surface area (Å²) in [5.41, 5.74) is 0. The van der Waals surface area contributed by atoms with Crippen LogP contribution in [-0.2, 0) is 13.5 Å². The Morgan fingerprint density at radius 3 is 2.67 bits per heavy atom. The smallest absolute Gasteiger partial charge is 0.138 e. The van der Waals surface area contributed by atoms with Gasteiger partial charge in [0.1, 0.15) is 12.2 Å². The third kappa shape index (κ3) is 3.55. The van der Waals surface area contributed by atoms with Gasteiger partial charge >= 0.3 is 0 Å². The SMILES string of the molecule is CC(C)NCC(Cc1ncnn1C)C1CCCC1. The zero-order valence-corrected chi connectivity index (χ0v) is 11.9. The van der Waals surface area contributed by atoms with Crippen molar-refractivity contribution in [1.29, 1.82) is 0 Å². The van der Waals surface area contributed by atoms with Crippen molar-refractivity contribution in [2.24, 2.45) is 18.9 Å². The van der Waals surface area contributed by atoms with Gasteiger partial charge in [-0.1, -0.05) is 39.5 Å². The maximum absolute atomic E-state index is 4.38. The summed E-state index contributed by atoms with van der Waals surface area (Å²) in [5, 5.41) is 7.77. The fourth-order valence-electron chi connectivity index (χ4n) is 2.96. The normalized spacial score (nSPS) is 18.7. The molecule has 1 aliphatic rings. The summed E-state index contributed by atoms with van der Waals surface area (Å²) in [7, 11) is 1.99. The van der Waals surface area contributed by atoms with E-state index in [0.29, 0.717) is 12.0 Å². The second-order valence-electron chi connectivity index (χ2n) is 5.87. The number of hydrogen-bond acceptors (Lipinski definition) is 3. The average Bonchev–Trinajstić information content (AvgIpc) is 2.96. The van der Waals surface area contributed by atoms with E-state index in [1.807, 2.05) is 11.7 Å². The van der Waals surface area contributed by atoms with Crippen LogP contribution in [0.1, 0.15) is 45.4 Å². The lowest BCUT2D eigenvalue weighted by molar-refractivity contribution is 0.305. The Hall–Kier alpha value is -0.900. The fourth-order valence-corrected chi connectivity index (χ4v) is 2.96. The van der Waals surface area contributed by atoms with Gasteiger partial charge in [-0.05, 0) is 18.4 Å². The van der Waals surface area contributed by atoms with Gasteiger partial charge < -0.3 is 5.32 Å². The van der Waals surface area contributed by atoms with Crippen LogP contribution in [0.25, 0.3) is 0 Å². The standard InChI is InChI=1S/C14H26N4/c1-11(2)15-9-13(12-6-4-5-7-12)8-14-16-10-17-18(14)3/h10-13,15H,4-9H2,1-3H3.